The fourth-order valence-corrected chi connectivity index (χ4v) is 1.89. The van der Waals surface area contributed by atoms with Crippen molar-refractivity contribution in [1.29, 1.82) is 0 Å². The predicted molar refractivity (Wildman–Crippen MR) is 63.1 cm³/mol. The van der Waals surface area contributed by atoms with Crippen LogP contribution in [-0.4, -0.2) is 29.9 Å². The number of nitrogens with zero attached hydrogens (tertiary/aromatic N) is 1. The molecule has 2 unspecified atom stereocenters. The fourth-order valence-electron chi connectivity index (χ4n) is 1.89. The topological polar surface area (TPSA) is 90.7 Å². The minimum Gasteiger partial charge on any atom is -0.434 e. The minimum absolute atomic E-state index is 0.353. The van der Waals surface area contributed by atoms with Gasteiger partial charge in [-0.3, -0.25) is 9.63 Å². The number of nitrogens with one attached hydrogen (secondary N) is 1. The van der Waals surface area contributed by atoms with Gasteiger partial charge in [-0.15, -0.1) is 10.1 Å². The highest BCUT2D eigenvalue weighted by atomic mass is 17.0. The van der Waals surface area contributed by atoms with Crippen LogP contribution in [0.1, 0.15) is 45.4 Å². The lowest BCUT2D eigenvalue weighted by molar-refractivity contribution is -0.779. The van der Waals surface area contributed by atoms with E-state index < -0.39 is 17.3 Å². The highest BCUT2D eigenvalue weighted by molar-refractivity contribution is 5.76. The predicted octanol–water partition coefficient (Wildman–Crippen LogP) is 1.40. The van der Waals surface area contributed by atoms with E-state index in [-0.39, 0.29) is 6.04 Å². The molecule has 1 rings (SSSR count). The first-order valence-corrected chi connectivity index (χ1v) is 6.38. The second-order valence-corrected chi connectivity index (χ2v) is 4.34. The standard InChI is InChI=1S/C11H20N2O5/c1-2-3-4-7-10(18-13(15)16)17-11(14)9-6-5-8-12-9/h9-10,12H,2-8H2,1H3. The van der Waals surface area contributed by atoms with Gasteiger partial charge in [0.25, 0.3) is 5.09 Å². The summed E-state index contributed by atoms with van der Waals surface area (Å²) >= 11 is 0. The largest absolute Gasteiger partial charge is 0.434 e. The van der Waals surface area contributed by atoms with E-state index >= 15 is 0 Å². The molecule has 104 valence electrons. The number of hydrogen-bond donors (Lipinski definition) is 1. The van der Waals surface area contributed by atoms with Crippen molar-refractivity contribution in [3.8, 4) is 0 Å². The Morgan fingerprint density at radius 2 is 2.33 bits per heavy atom. The van der Waals surface area contributed by atoms with Gasteiger partial charge in [-0.2, -0.15) is 0 Å². The van der Waals surface area contributed by atoms with E-state index in [0.717, 1.165) is 32.2 Å². The van der Waals surface area contributed by atoms with Crippen molar-refractivity contribution in [2.75, 3.05) is 6.54 Å². The molecule has 1 heterocycles. The Morgan fingerprint density at radius 3 is 2.89 bits per heavy atom. The molecule has 1 aliphatic rings. The summed E-state index contributed by atoms with van der Waals surface area (Å²) in [6.45, 7) is 2.80. The maximum absolute atomic E-state index is 11.7. The number of ether oxygens (including phenoxy) is 1. The molecule has 1 fully saturated rings. The number of carbonyl (C=O) groups excluding carboxylic acids is 1. The van der Waals surface area contributed by atoms with Crippen LogP contribution in [0.2, 0.25) is 0 Å². The average molecular weight is 260 g/mol. The van der Waals surface area contributed by atoms with Crippen LogP contribution in [0.25, 0.3) is 0 Å². The lowest BCUT2D eigenvalue weighted by Gasteiger charge is -2.18. The van der Waals surface area contributed by atoms with Crippen LogP contribution >= 0.6 is 0 Å². The highest BCUT2D eigenvalue weighted by Gasteiger charge is 2.27. The number of esters is 1. The molecule has 0 amide bonds. The monoisotopic (exact) mass is 260 g/mol. The van der Waals surface area contributed by atoms with Gasteiger partial charge in [0.1, 0.15) is 6.04 Å². The molecule has 1 saturated heterocycles. The zero-order chi connectivity index (χ0) is 13.4. The van der Waals surface area contributed by atoms with Crippen LogP contribution in [-0.2, 0) is 14.4 Å². The minimum atomic E-state index is -1.08. The quantitative estimate of drug-likeness (QED) is 0.233. The molecule has 1 aliphatic heterocycles. The van der Waals surface area contributed by atoms with Gasteiger partial charge in [0.15, 0.2) is 0 Å². The fraction of sp³-hybridized carbons (Fsp3) is 0.909. The molecule has 0 saturated carbocycles. The molecule has 0 aromatic carbocycles. The summed E-state index contributed by atoms with van der Waals surface area (Å²) in [5, 5.41) is 12.4. The number of carbonyl (C=O) groups is 1. The van der Waals surface area contributed by atoms with Crippen molar-refractivity contribution in [3.63, 3.8) is 0 Å². The van der Waals surface area contributed by atoms with Crippen molar-refractivity contribution in [1.82, 2.24) is 5.32 Å². The van der Waals surface area contributed by atoms with Crippen LogP contribution in [0.4, 0.5) is 0 Å². The van der Waals surface area contributed by atoms with Gasteiger partial charge in [0.2, 0.25) is 6.29 Å². The summed E-state index contributed by atoms with van der Waals surface area (Å²) in [4.78, 5) is 26.4. The summed E-state index contributed by atoms with van der Waals surface area (Å²) in [5.74, 6) is -0.462. The maximum Gasteiger partial charge on any atom is 0.325 e. The first-order valence-electron chi connectivity index (χ1n) is 6.38. The van der Waals surface area contributed by atoms with Crippen molar-refractivity contribution < 1.29 is 19.5 Å². The number of rotatable bonds is 8. The summed E-state index contributed by atoms with van der Waals surface area (Å²) in [5.41, 5.74) is 0. The zero-order valence-electron chi connectivity index (χ0n) is 10.6. The number of hydrogen-bond acceptors (Lipinski definition) is 6. The lowest BCUT2D eigenvalue weighted by atomic mass is 10.2. The van der Waals surface area contributed by atoms with Crippen LogP contribution in [0.5, 0.6) is 0 Å². The Bertz CT molecular complexity index is 279. The molecular formula is C11H20N2O5. The Morgan fingerprint density at radius 1 is 1.56 bits per heavy atom. The van der Waals surface area contributed by atoms with Gasteiger partial charge in [-0.05, 0) is 25.8 Å². The molecule has 0 bridgehead atoms. The van der Waals surface area contributed by atoms with Crippen molar-refractivity contribution in [2.45, 2.75) is 57.8 Å². The van der Waals surface area contributed by atoms with E-state index in [1.54, 1.807) is 0 Å². The SMILES string of the molecule is CCCCCC(OC(=O)C1CCCN1)O[N+](=O)[O-]. The molecular weight excluding hydrogens is 240 g/mol. The second-order valence-electron chi connectivity index (χ2n) is 4.34. The second kappa shape index (κ2) is 7.86. The third-order valence-electron chi connectivity index (χ3n) is 2.84. The summed E-state index contributed by atoms with van der Waals surface area (Å²) in [7, 11) is 0. The summed E-state index contributed by atoms with van der Waals surface area (Å²) in [6, 6.07) is -0.353. The molecule has 0 aromatic rings. The van der Waals surface area contributed by atoms with E-state index in [4.69, 9.17) is 4.74 Å². The normalized spacial score (nSPS) is 20.4. The number of unbranched alkanes of at least 4 members (excludes halogenated alkanes) is 2. The van der Waals surface area contributed by atoms with Gasteiger partial charge in [-0.1, -0.05) is 19.8 Å². The van der Waals surface area contributed by atoms with Gasteiger partial charge in [0, 0.05) is 6.42 Å². The molecule has 0 spiro atoms. The molecule has 1 N–H and O–H groups in total. The maximum atomic E-state index is 11.7. The molecule has 0 aromatic heterocycles. The molecule has 7 nitrogen and oxygen atoms in total. The Kier molecular flexibility index (Phi) is 6.42. The summed E-state index contributed by atoms with van der Waals surface area (Å²) in [6.07, 6.45) is 3.55. The third kappa shape index (κ3) is 5.31. The first-order chi connectivity index (χ1) is 8.63. The lowest BCUT2D eigenvalue weighted by Crippen LogP contribution is -2.36. The molecule has 18 heavy (non-hydrogen) atoms. The molecule has 7 heteroatoms. The molecule has 0 radical (unpaired) electrons. The van der Waals surface area contributed by atoms with Gasteiger partial charge in [-0.25, -0.2) is 0 Å². The van der Waals surface area contributed by atoms with E-state index in [1.807, 2.05) is 6.92 Å². The smallest absolute Gasteiger partial charge is 0.325 e. The van der Waals surface area contributed by atoms with E-state index in [1.165, 1.54) is 0 Å². The third-order valence-corrected chi connectivity index (χ3v) is 2.84. The van der Waals surface area contributed by atoms with Crippen molar-refractivity contribution >= 4 is 5.97 Å². The Hall–Kier alpha value is -1.37. The van der Waals surface area contributed by atoms with E-state index in [0.29, 0.717) is 12.8 Å². The van der Waals surface area contributed by atoms with E-state index in [2.05, 4.69) is 10.2 Å². The van der Waals surface area contributed by atoms with Gasteiger partial charge in [0.05, 0.1) is 0 Å². The van der Waals surface area contributed by atoms with Crippen molar-refractivity contribution in [2.24, 2.45) is 0 Å². The van der Waals surface area contributed by atoms with Crippen LogP contribution in [0.15, 0.2) is 0 Å². The first kappa shape index (κ1) is 14.7. The highest BCUT2D eigenvalue weighted by Crippen LogP contribution is 2.13. The van der Waals surface area contributed by atoms with Crippen molar-refractivity contribution in [3.05, 3.63) is 10.1 Å². The molecule has 2 atom stereocenters. The van der Waals surface area contributed by atoms with E-state index in [9.17, 15) is 14.9 Å². The Labute approximate surface area is 106 Å². The van der Waals surface area contributed by atoms with Crippen LogP contribution < -0.4 is 5.32 Å². The zero-order valence-corrected chi connectivity index (χ0v) is 10.6. The van der Waals surface area contributed by atoms with Gasteiger partial charge < -0.3 is 10.1 Å². The van der Waals surface area contributed by atoms with Crippen LogP contribution in [0.3, 0.4) is 0 Å². The molecule has 0 aliphatic carbocycles. The average Bonchev–Trinajstić information content (AvgIpc) is 2.81. The van der Waals surface area contributed by atoms with Gasteiger partial charge >= 0.3 is 5.97 Å². The summed E-state index contributed by atoms with van der Waals surface area (Å²) < 4.78 is 5.03. The van der Waals surface area contributed by atoms with Crippen LogP contribution in [0, 0.1) is 10.1 Å². The Balaban J connectivity index is 2.37.